The van der Waals surface area contributed by atoms with E-state index in [1.165, 1.54) is 7.11 Å². The van der Waals surface area contributed by atoms with Crippen molar-refractivity contribution < 1.29 is 23.9 Å². The van der Waals surface area contributed by atoms with Gasteiger partial charge in [0.05, 0.1) is 19.8 Å². The number of ketones is 1. The molecule has 0 bridgehead atoms. The number of hydrogen-bond donors (Lipinski definition) is 0. The van der Waals surface area contributed by atoms with Crippen molar-refractivity contribution in [2.45, 2.75) is 32.8 Å². The fourth-order valence-electron chi connectivity index (χ4n) is 4.90. The van der Waals surface area contributed by atoms with Crippen molar-refractivity contribution in [3.05, 3.63) is 82.7 Å². The number of nitrogens with zero attached hydrogens (tertiary/aromatic N) is 2. The molecular formula is C29H32N2O5. The lowest BCUT2D eigenvalue weighted by Crippen LogP contribution is -2.41. The van der Waals surface area contributed by atoms with Gasteiger partial charge in [-0.2, -0.15) is 0 Å². The zero-order chi connectivity index (χ0) is 25.8. The molecule has 3 aromatic rings. The molecule has 188 valence electrons. The van der Waals surface area contributed by atoms with Gasteiger partial charge < -0.3 is 18.9 Å². The molecule has 1 aliphatic rings. The minimum Gasteiger partial charge on any atom is -0.464 e. The van der Waals surface area contributed by atoms with Crippen LogP contribution in [0.1, 0.15) is 55.3 Å². The van der Waals surface area contributed by atoms with Crippen LogP contribution in [0.4, 0.5) is 0 Å². The van der Waals surface area contributed by atoms with Crippen molar-refractivity contribution in [3.63, 3.8) is 0 Å². The van der Waals surface area contributed by atoms with Gasteiger partial charge in [-0.1, -0.05) is 42.5 Å². The first-order valence-corrected chi connectivity index (χ1v) is 12.2. The number of aromatic nitrogens is 1. The molecule has 1 aromatic heterocycles. The molecule has 1 atom stereocenters. The summed E-state index contributed by atoms with van der Waals surface area (Å²) in [6.07, 6.45) is 1.68. The number of hydrogen-bond acceptors (Lipinski definition) is 5. The van der Waals surface area contributed by atoms with Crippen LogP contribution in [-0.2, 0) is 16.5 Å². The Morgan fingerprint density at radius 2 is 1.69 bits per heavy atom. The lowest BCUT2D eigenvalue weighted by molar-refractivity contribution is 0.0506. The van der Waals surface area contributed by atoms with Crippen LogP contribution in [0.2, 0.25) is 0 Å². The summed E-state index contributed by atoms with van der Waals surface area (Å²) in [5.41, 5.74) is 4.60. The minimum atomic E-state index is -0.497. The molecular weight excluding hydrogens is 456 g/mol. The van der Waals surface area contributed by atoms with Crippen LogP contribution in [-0.4, -0.2) is 60.0 Å². The van der Waals surface area contributed by atoms with Gasteiger partial charge in [-0.3, -0.25) is 9.59 Å². The zero-order valence-electron chi connectivity index (χ0n) is 21.2. The molecule has 7 nitrogen and oxygen atoms in total. The van der Waals surface area contributed by atoms with Crippen molar-refractivity contribution in [1.82, 2.24) is 9.47 Å². The van der Waals surface area contributed by atoms with Crippen LogP contribution in [0, 0.1) is 13.8 Å². The number of ether oxygens (including phenoxy) is 2. The Morgan fingerprint density at radius 1 is 1.03 bits per heavy atom. The first-order valence-electron chi connectivity index (χ1n) is 12.2. The molecule has 1 saturated heterocycles. The van der Waals surface area contributed by atoms with Crippen LogP contribution in [0.25, 0.3) is 11.1 Å². The van der Waals surface area contributed by atoms with Gasteiger partial charge in [0.15, 0.2) is 5.78 Å². The van der Waals surface area contributed by atoms with Crippen molar-refractivity contribution in [2.24, 2.45) is 7.05 Å². The normalized spacial score (nSPS) is 15.1. The number of esters is 1. The number of carbonyl (C=O) groups excluding carboxylic acids is 3. The van der Waals surface area contributed by atoms with E-state index in [1.54, 1.807) is 42.5 Å². The van der Waals surface area contributed by atoms with Crippen molar-refractivity contribution in [3.8, 4) is 11.1 Å². The van der Waals surface area contributed by atoms with E-state index in [4.69, 9.17) is 9.47 Å². The highest BCUT2D eigenvalue weighted by Crippen LogP contribution is 2.24. The topological polar surface area (TPSA) is 77.8 Å². The summed E-state index contributed by atoms with van der Waals surface area (Å²) < 4.78 is 12.4. The predicted molar refractivity (Wildman–Crippen MR) is 137 cm³/mol. The highest BCUT2D eigenvalue weighted by Gasteiger charge is 2.30. The number of methoxy groups -OCH3 is 1. The summed E-state index contributed by atoms with van der Waals surface area (Å²) in [7, 11) is 3.05. The van der Waals surface area contributed by atoms with Crippen molar-refractivity contribution in [2.75, 3.05) is 26.8 Å². The smallest absolute Gasteiger partial charge is 0.354 e. The molecule has 1 aliphatic heterocycles. The van der Waals surface area contributed by atoms with Gasteiger partial charge in [-0.15, -0.1) is 0 Å². The van der Waals surface area contributed by atoms with Gasteiger partial charge in [-0.25, -0.2) is 4.79 Å². The molecule has 2 heterocycles. The van der Waals surface area contributed by atoms with Crippen molar-refractivity contribution >= 4 is 17.7 Å². The number of Topliss-reactive ketones (excluding diaryl/α,β-unsaturated/α-hetero) is 1. The third-order valence-corrected chi connectivity index (χ3v) is 6.90. The molecule has 0 saturated carbocycles. The second-order valence-corrected chi connectivity index (χ2v) is 9.17. The molecule has 36 heavy (non-hydrogen) atoms. The Bertz CT molecular complexity index is 1260. The molecule has 1 unspecified atom stereocenters. The van der Waals surface area contributed by atoms with E-state index >= 15 is 0 Å². The van der Waals surface area contributed by atoms with E-state index in [9.17, 15) is 14.4 Å². The predicted octanol–water partition coefficient (Wildman–Crippen LogP) is 4.60. The van der Waals surface area contributed by atoms with Crippen LogP contribution >= 0.6 is 0 Å². The molecule has 1 amide bonds. The van der Waals surface area contributed by atoms with Crippen molar-refractivity contribution in [1.29, 1.82) is 0 Å². The SMILES string of the molecule is COC(=O)c1c(C)c(C(=O)CN(CC2CCCO2)C(=O)c2ccc(-c3ccccc3)cc2)c(C)n1C. The molecule has 0 N–H and O–H groups in total. The molecule has 2 aromatic carbocycles. The summed E-state index contributed by atoms with van der Waals surface area (Å²) in [6.45, 7) is 4.42. The van der Waals surface area contributed by atoms with Gasteiger partial charge in [0.1, 0.15) is 5.69 Å². The maximum absolute atomic E-state index is 13.6. The number of benzene rings is 2. The molecule has 4 rings (SSSR count). The highest BCUT2D eigenvalue weighted by molar-refractivity contribution is 6.06. The third-order valence-electron chi connectivity index (χ3n) is 6.90. The lowest BCUT2D eigenvalue weighted by atomic mass is 10.0. The van der Waals surface area contributed by atoms with Crippen LogP contribution in [0.3, 0.4) is 0 Å². The van der Waals surface area contributed by atoms with Crippen LogP contribution in [0.5, 0.6) is 0 Å². The van der Waals surface area contributed by atoms with E-state index in [0.717, 1.165) is 24.0 Å². The summed E-state index contributed by atoms with van der Waals surface area (Å²) in [6, 6.07) is 17.4. The third kappa shape index (κ3) is 5.11. The summed E-state index contributed by atoms with van der Waals surface area (Å²) in [4.78, 5) is 41.0. The highest BCUT2D eigenvalue weighted by atomic mass is 16.5. The van der Waals surface area contributed by atoms with E-state index < -0.39 is 5.97 Å². The first kappa shape index (κ1) is 25.4. The largest absolute Gasteiger partial charge is 0.464 e. The number of carbonyl (C=O) groups is 3. The van der Waals surface area contributed by atoms with Crippen LogP contribution < -0.4 is 0 Å². The summed E-state index contributed by atoms with van der Waals surface area (Å²) in [5.74, 6) is -0.941. The Labute approximate surface area is 211 Å². The van der Waals surface area contributed by atoms with Gasteiger partial charge in [-0.05, 0) is 55.5 Å². The Morgan fingerprint density at radius 3 is 2.31 bits per heavy atom. The summed E-state index contributed by atoms with van der Waals surface area (Å²) in [5, 5.41) is 0. The van der Waals surface area contributed by atoms with Gasteiger partial charge >= 0.3 is 5.97 Å². The number of rotatable bonds is 8. The Hall–Kier alpha value is -3.71. The fraction of sp³-hybridized carbons (Fsp3) is 0.345. The molecule has 0 radical (unpaired) electrons. The monoisotopic (exact) mass is 488 g/mol. The number of amides is 1. The van der Waals surface area contributed by atoms with E-state index in [-0.39, 0.29) is 24.3 Å². The lowest BCUT2D eigenvalue weighted by Gasteiger charge is -2.25. The maximum atomic E-state index is 13.6. The van der Waals surface area contributed by atoms with Gasteiger partial charge in [0.2, 0.25) is 0 Å². The molecule has 0 aliphatic carbocycles. The standard InChI is InChI=1S/C29H32N2O5/c1-19-26(20(2)30(3)27(19)29(34)35-4)25(32)18-31(17-24-11-8-16-36-24)28(33)23-14-12-22(13-15-23)21-9-6-5-7-10-21/h5-7,9-10,12-15,24H,8,11,16-18H2,1-4H3. The quantitative estimate of drug-likeness (QED) is 0.342. The van der Waals surface area contributed by atoms with E-state index in [1.807, 2.05) is 42.5 Å². The fourth-order valence-corrected chi connectivity index (χ4v) is 4.90. The average molecular weight is 489 g/mol. The molecule has 7 heteroatoms. The molecule has 1 fully saturated rings. The van der Waals surface area contributed by atoms with E-state index in [0.29, 0.717) is 41.2 Å². The summed E-state index contributed by atoms with van der Waals surface area (Å²) >= 11 is 0. The second-order valence-electron chi connectivity index (χ2n) is 9.17. The average Bonchev–Trinajstić information content (AvgIpc) is 3.49. The van der Waals surface area contributed by atoms with Crippen LogP contribution in [0.15, 0.2) is 54.6 Å². The Balaban J connectivity index is 1.60. The van der Waals surface area contributed by atoms with Gasteiger partial charge in [0, 0.05) is 37.0 Å². The second kappa shape index (κ2) is 10.9. The zero-order valence-corrected chi connectivity index (χ0v) is 21.2. The maximum Gasteiger partial charge on any atom is 0.354 e. The molecule has 0 spiro atoms. The Kier molecular flexibility index (Phi) is 7.70. The minimum absolute atomic E-state index is 0.103. The van der Waals surface area contributed by atoms with Gasteiger partial charge in [0.25, 0.3) is 5.91 Å². The van der Waals surface area contributed by atoms with E-state index in [2.05, 4.69) is 0 Å². The first-order chi connectivity index (χ1) is 17.3.